The van der Waals surface area contributed by atoms with Gasteiger partial charge in [0.05, 0.1) is 12.4 Å². The Balaban J connectivity index is 2.05. The van der Waals surface area contributed by atoms with Crippen molar-refractivity contribution < 1.29 is 9.90 Å². The van der Waals surface area contributed by atoms with Crippen LogP contribution >= 0.6 is 0 Å². The van der Waals surface area contributed by atoms with Crippen molar-refractivity contribution in [2.24, 2.45) is 0 Å². The Morgan fingerprint density at radius 1 is 1.59 bits per heavy atom. The van der Waals surface area contributed by atoms with Gasteiger partial charge in [-0.15, -0.1) is 0 Å². The quantitative estimate of drug-likeness (QED) is 0.709. The molecule has 0 aliphatic rings. The molecule has 1 aromatic heterocycles. The minimum absolute atomic E-state index is 0.000248. The number of nitrogens with one attached hydrogen (secondary N) is 1. The summed E-state index contributed by atoms with van der Waals surface area (Å²) in [5, 5.41) is 12.2. The molecule has 17 heavy (non-hydrogen) atoms. The van der Waals surface area contributed by atoms with Gasteiger partial charge in [0.25, 0.3) is 0 Å². The van der Waals surface area contributed by atoms with E-state index in [0.29, 0.717) is 13.0 Å². The van der Waals surface area contributed by atoms with E-state index in [-0.39, 0.29) is 5.91 Å². The molecule has 0 spiro atoms. The molecule has 5 heteroatoms. The van der Waals surface area contributed by atoms with E-state index < -0.39 is 6.10 Å². The van der Waals surface area contributed by atoms with Crippen LogP contribution < -0.4 is 5.32 Å². The van der Waals surface area contributed by atoms with Gasteiger partial charge in [-0.1, -0.05) is 13.3 Å². The zero-order valence-electron chi connectivity index (χ0n) is 10.3. The first-order valence-corrected chi connectivity index (χ1v) is 6.13. The highest BCUT2D eigenvalue weighted by Crippen LogP contribution is 1.97. The molecule has 1 amide bonds. The molecule has 0 aliphatic heterocycles. The lowest BCUT2D eigenvalue weighted by atomic mass is 10.2. The second kappa shape index (κ2) is 7.84. The Bertz CT molecular complexity index is 312. The van der Waals surface area contributed by atoms with Crippen LogP contribution in [0.15, 0.2) is 18.7 Å². The number of aromatic nitrogens is 2. The van der Waals surface area contributed by atoms with E-state index in [9.17, 15) is 9.90 Å². The molecular formula is C12H21N3O2. The molecule has 5 nitrogen and oxygen atoms in total. The number of hydrogen-bond donors (Lipinski definition) is 2. The number of imidazole rings is 1. The molecule has 0 saturated carbocycles. The van der Waals surface area contributed by atoms with E-state index >= 15 is 0 Å². The Kier molecular flexibility index (Phi) is 6.32. The fraction of sp³-hybridized carbons (Fsp3) is 0.667. The Morgan fingerprint density at radius 3 is 3.06 bits per heavy atom. The summed E-state index contributed by atoms with van der Waals surface area (Å²) in [7, 11) is 0. The monoisotopic (exact) mass is 239 g/mol. The number of aliphatic hydroxyl groups is 1. The zero-order chi connectivity index (χ0) is 12.5. The average Bonchev–Trinajstić information content (AvgIpc) is 2.80. The Labute approximate surface area is 102 Å². The zero-order valence-corrected chi connectivity index (χ0v) is 10.3. The van der Waals surface area contributed by atoms with Crippen LogP contribution in [-0.4, -0.2) is 33.2 Å². The van der Waals surface area contributed by atoms with Gasteiger partial charge >= 0.3 is 0 Å². The van der Waals surface area contributed by atoms with Crippen molar-refractivity contribution in [3.63, 3.8) is 0 Å². The standard InChI is InChI=1S/C12H21N3O2/c1-2-4-11(16)9-14-12(17)5-3-7-15-8-6-13-10-15/h6,8,10-11,16H,2-5,7,9H2,1H3,(H,14,17). The second-order valence-electron chi connectivity index (χ2n) is 4.15. The Hall–Kier alpha value is -1.36. The van der Waals surface area contributed by atoms with Crippen molar-refractivity contribution in [1.82, 2.24) is 14.9 Å². The summed E-state index contributed by atoms with van der Waals surface area (Å²) >= 11 is 0. The van der Waals surface area contributed by atoms with Gasteiger partial charge < -0.3 is 15.0 Å². The number of nitrogens with zero attached hydrogens (tertiary/aromatic N) is 2. The van der Waals surface area contributed by atoms with Gasteiger partial charge in [0.2, 0.25) is 5.91 Å². The Morgan fingerprint density at radius 2 is 2.41 bits per heavy atom. The highest BCUT2D eigenvalue weighted by Gasteiger charge is 2.05. The fourth-order valence-corrected chi connectivity index (χ4v) is 1.60. The number of amides is 1. The molecule has 0 radical (unpaired) electrons. The van der Waals surface area contributed by atoms with E-state index in [2.05, 4.69) is 10.3 Å². The van der Waals surface area contributed by atoms with Crippen LogP contribution in [0, 0.1) is 0 Å². The number of aryl methyl sites for hydroxylation is 1. The van der Waals surface area contributed by atoms with Gasteiger partial charge in [-0.25, -0.2) is 4.98 Å². The number of carbonyl (C=O) groups excluding carboxylic acids is 1. The summed E-state index contributed by atoms with van der Waals surface area (Å²) in [6, 6.07) is 0. The lowest BCUT2D eigenvalue weighted by Crippen LogP contribution is -2.31. The molecule has 2 N–H and O–H groups in total. The molecule has 1 rings (SSSR count). The highest BCUT2D eigenvalue weighted by molar-refractivity contribution is 5.75. The summed E-state index contributed by atoms with van der Waals surface area (Å²) in [6.07, 6.45) is 7.85. The lowest BCUT2D eigenvalue weighted by Gasteiger charge is -2.10. The van der Waals surface area contributed by atoms with Crippen molar-refractivity contribution >= 4 is 5.91 Å². The molecule has 1 aromatic rings. The predicted molar refractivity (Wildman–Crippen MR) is 65.4 cm³/mol. The molecule has 1 atom stereocenters. The molecule has 0 saturated heterocycles. The van der Waals surface area contributed by atoms with Crippen LogP contribution in [0.3, 0.4) is 0 Å². The molecule has 1 heterocycles. The van der Waals surface area contributed by atoms with E-state index in [4.69, 9.17) is 0 Å². The molecule has 96 valence electrons. The van der Waals surface area contributed by atoms with Gasteiger partial charge in [0.1, 0.15) is 0 Å². The smallest absolute Gasteiger partial charge is 0.220 e. The van der Waals surface area contributed by atoms with E-state index in [1.165, 1.54) is 0 Å². The third-order valence-corrected chi connectivity index (χ3v) is 2.54. The normalized spacial score (nSPS) is 12.4. The predicted octanol–water partition coefficient (Wildman–Crippen LogP) is 0.940. The first kappa shape index (κ1) is 13.7. The molecular weight excluding hydrogens is 218 g/mol. The number of rotatable bonds is 8. The SMILES string of the molecule is CCCC(O)CNC(=O)CCCn1ccnc1. The van der Waals surface area contributed by atoms with E-state index in [0.717, 1.165) is 25.8 Å². The van der Waals surface area contributed by atoms with Gasteiger partial charge in [0.15, 0.2) is 0 Å². The van der Waals surface area contributed by atoms with Crippen LogP contribution in [0.2, 0.25) is 0 Å². The number of carbonyl (C=O) groups is 1. The summed E-state index contributed by atoms with van der Waals surface area (Å²) in [4.78, 5) is 15.4. The minimum atomic E-state index is -0.419. The summed E-state index contributed by atoms with van der Waals surface area (Å²) < 4.78 is 1.94. The van der Waals surface area contributed by atoms with Gasteiger partial charge in [-0.2, -0.15) is 0 Å². The van der Waals surface area contributed by atoms with Crippen LogP contribution in [0.25, 0.3) is 0 Å². The molecule has 0 fully saturated rings. The average molecular weight is 239 g/mol. The fourth-order valence-electron chi connectivity index (χ4n) is 1.60. The van der Waals surface area contributed by atoms with Crippen LogP contribution in [0.1, 0.15) is 32.6 Å². The first-order chi connectivity index (χ1) is 8.22. The maximum absolute atomic E-state index is 11.4. The van der Waals surface area contributed by atoms with Crippen molar-refractivity contribution in [1.29, 1.82) is 0 Å². The van der Waals surface area contributed by atoms with Gasteiger partial charge in [0, 0.05) is 31.9 Å². The molecule has 1 unspecified atom stereocenters. The molecule has 0 bridgehead atoms. The van der Waals surface area contributed by atoms with Crippen LogP contribution in [0.4, 0.5) is 0 Å². The summed E-state index contributed by atoms with van der Waals surface area (Å²) in [5.74, 6) is 0.000248. The van der Waals surface area contributed by atoms with Crippen LogP contribution in [-0.2, 0) is 11.3 Å². The molecule has 0 aliphatic carbocycles. The molecule has 0 aromatic carbocycles. The number of aliphatic hydroxyl groups excluding tert-OH is 1. The van der Waals surface area contributed by atoms with Gasteiger partial charge in [-0.05, 0) is 12.8 Å². The van der Waals surface area contributed by atoms with Crippen molar-refractivity contribution in [3.8, 4) is 0 Å². The van der Waals surface area contributed by atoms with Crippen molar-refractivity contribution in [2.45, 2.75) is 45.3 Å². The number of hydrogen-bond acceptors (Lipinski definition) is 3. The minimum Gasteiger partial charge on any atom is -0.391 e. The first-order valence-electron chi connectivity index (χ1n) is 6.13. The van der Waals surface area contributed by atoms with Crippen LogP contribution in [0.5, 0.6) is 0 Å². The highest BCUT2D eigenvalue weighted by atomic mass is 16.3. The summed E-state index contributed by atoms with van der Waals surface area (Å²) in [6.45, 7) is 3.17. The second-order valence-corrected chi connectivity index (χ2v) is 4.15. The van der Waals surface area contributed by atoms with Gasteiger partial charge in [-0.3, -0.25) is 4.79 Å². The van der Waals surface area contributed by atoms with E-state index in [1.54, 1.807) is 12.5 Å². The third kappa shape index (κ3) is 6.06. The van der Waals surface area contributed by atoms with Crippen molar-refractivity contribution in [3.05, 3.63) is 18.7 Å². The maximum Gasteiger partial charge on any atom is 0.220 e. The summed E-state index contributed by atoms with van der Waals surface area (Å²) in [5.41, 5.74) is 0. The topological polar surface area (TPSA) is 67.2 Å². The lowest BCUT2D eigenvalue weighted by molar-refractivity contribution is -0.121. The third-order valence-electron chi connectivity index (χ3n) is 2.54. The maximum atomic E-state index is 11.4. The largest absolute Gasteiger partial charge is 0.391 e. The van der Waals surface area contributed by atoms with Crippen molar-refractivity contribution in [2.75, 3.05) is 6.54 Å². The van der Waals surface area contributed by atoms with E-state index in [1.807, 2.05) is 17.7 Å².